The topological polar surface area (TPSA) is 141 Å². The summed E-state index contributed by atoms with van der Waals surface area (Å²) in [5, 5.41) is 6.33. The minimum absolute atomic E-state index is 0.0971. The number of piperazine rings is 1. The van der Waals surface area contributed by atoms with Gasteiger partial charge in [-0.3, -0.25) is 29.3 Å². The highest BCUT2D eigenvalue weighted by Gasteiger charge is 2.43. The molecule has 2 saturated heterocycles. The molecular weight excluding hydrogens is 624 g/mol. The maximum Gasteiger partial charge on any atom is 0.261 e. The van der Waals surface area contributed by atoms with E-state index in [-0.39, 0.29) is 56.2 Å². The van der Waals surface area contributed by atoms with Crippen LogP contribution in [0.3, 0.4) is 0 Å². The normalized spacial score (nSPS) is 22.2. The number of rotatable bonds is 7. The fraction of sp³-hybridized carbons (Fsp3) is 0.353. The van der Waals surface area contributed by atoms with Crippen molar-refractivity contribution in [3.05, 3.63) is 82.0 Å². The van der Waals surface area contributed by atoms with Crippen molar-refractivity contribution in [1.29, 1.82) is 0 Å². The molecule has 4 aliphatic rings. The van der Waals surface area contributed by atoms with Crippen LogP contribution in [0.4, 0.5) is 11.5 Å². The third kappa shape index (κ3) is 5.26. The summed E-state index contributed by atoms with van der Waals surface area (Å²) < 4.78 is 5.90. The van der Waals surface area contributed by atoms with Crippen molar-refractivity contribution in [2.75, 3.05) is 43.0 Å². The molecule has 0 radical (unpaired) electrons. The van der Waals surface area contributed by atoms with E-state index in [1.165, 1.54) is 9.80 Å². The van der Waals surface area contributed by atoms with Gasteiger partial charge in [-0.15, -0.1) is 0 Å². The first-order chi connectivity index (χ1) is 22.7. The molecule has 5 heterocycles. The monoisotopic (exact) mass is 656 g/mol. The third-order valence-corrected chi connectivity index (χ3v) is 10.0. The van der Waals surface area contributed by atoms with Crippen molar-refractivity contribution >= 4 is 52.6 Å². The number of nitrogens with one attached hydrogen (secondary N) is 2. The number of benzene rings is 2. The number of piperidine rings is 1. The molecule has 242 valence electrons. The fourth-order valence-electron chi connectivity index (χ4n) is 7.16. The predicted octanol–water partition coefficient (Wildman–Crippen LogP) is 2.87. The van der Waals surface area contributed by atoms with Crippen molar-refractivity contribution in [2.24, 2.45) is 0 Å². The van der Waals surface area contributed by atoms with E-state index in [1.54, 1.807) is 35.4 Å². The number of anilines is 2. The molecule has 3 aromatic rings. The molecule has 0 saturated carbocycles. The lowest BCUT2D eigenvalue weighted by Crippen LogP contribution is -2.53. The van der Waals surface area contributed by atoms with Gasteiger partial charge in [-0.25, -0.2) is 4.98 Å². The second kappa shape index (κ2) is 12.0. The first-order valence-corrected chi connectivity index (χ1v) is 16.0. The Labute approximate surface area is 276 Å². The van der Waals surface area contributed by atoms with Gasteiger partial charge < -0.3 is 24.8 Å². The molecule has 12 nitrogen and oxygen atoms in total. The number of halogens is 1. The largest absolute Gasteiger partial charge is 0.483 e. The Kier molecular flexibility index (Phi) is 7.83. The zero-order valence-corrected chi connectivity index (χ0v) is 26.5. The average molecular weight is 657 g/mol. The lowest BCUT2D eigenvalue weighted by Gasteiger charge is -2.35. The summed E-state index contributed by atoms with van der Waals surface area (Å²) in [6, 6.07) is 13.9. The number of imide groups is 1. The Hall–Kier alpha value is -4.97. The Morgan fingerprint density at radius 3 is 2.70 bits per heavy atom. The van der Waals surface area contributed by atoms with Gasteiger partial charge in [0.25, 0.3) is 11.8 Å². The van der Waals surface area contributed by atoms with Crippen LogP contribution in [0.25, 0.3) is 0 Å². The number of carbonyl (C=O) groups excluding carboxylic acids is 5. The number of carbonyl (C=O) groups is 5. The molecule has 1 aromatic heterocycles. The van der Waals surface area contributed by atoms with Crippen LogP contribution in [0.5, 0.6) is 5.75 Å². The number of ether oxygens (including phenoxy) is 1. The maximum atomic E-state index is 13.4. The SMILES string of the molecule is CCC1(c2cccc(N3CCN(C(=O)COc4cccc5c4CN(C4CCC(=O)NC4=O)C5=O)CC3=O)c2)CNc2nccc(Cl)c21. The molecule has 13 heteroatoms. The van der Waals surface area contributed by atoms with Crippen LogP contribution in [0, 0.1) is 0 Å². The molecule has 0 spiro atoms. The first kappa shape index (κ1) is 30.7. The number of nitrogens with zero attached hydrogens (tertiary/aromatic N) is 4. The zero-order valence-electron chi connectivity index (χ0n) is 25.8. The van der Waals surface area contributed by atoms with Crippen LogP contribution >= 0.6 is 11.6 Å². The fourth-order valence-corrected chi connectivity index (χ4v) is 7.48. The van der Waals surface area contributed by atoms with E-state index in [4.69, 9.17) is 16.3 Å². The average Bonchev–Trinajstić information content (AvgIpc) is 3.63. The van der Waals surface area contributed by atoms with Gasteiger partial charge in [0.2, 0.25) is 17.7 Å². The highest BCUT2D eigenvalue weighted by atomic mass is 35.5. The summed E-state index contributed by atoms with van der Waals surface area (Å²) in [6.07, 6.45) is 2.88. The number of hydrogen-bond acceptors (Lipinski definition) is 8. The number of hydrogen-bond donors (Lipinski definition) is 2. The van der Waals surface area contributed by atoms with Gasteiger partial charge in [0.05, 0.1) is 6.54 Å². The summed E-state index contributed by atoms with van der Waals surface area (Å²) in [5.41, 5.74) is 3.32. The molecule has 0 bridgehead atoms. The summed E-state index contributed by atoms with van der Waals surface area (Å²) in [5.74, 6) is -0.595. The van der Waals surface area contributed by atoms with E-state index < -0.39 is 17.4 Å². The highest BCUT2D eigenvalue weighted by molar-refractivity contribution is 6.32. The van der Waals surface area contributed by atoms with Crippen LogP contribution in [-0.2, 0) is 31.1 Å². The van der Waals surface area contributed by atoms with Gasteiger partial charge in [-0.1, -0.05) is 36.7 Å². The molecule has 2 fully saturated rings. The van der Waals surface area contributed by atoms with Crippen molar-refractivity contribution < 1.29 is 28.7 Å². The van der Waals surface area contributed by atoms with Crippen molar-refractivity contribution in [2.45, 2.75) is 44.2 Å². The smallest absolute Gasteiger partial charge is 0.261 e. The lowest BCUT2D eigenvalue weighted by molar-refractivity contribution is -0.138. The zero-order chi connectivity index (χ0) is 32.9. The third-order valence-electron chi connectivity index (χ3n) is 9.71. The van der Waals surface area contributed by atoms with Gasteiger partial charge in [0, 0.05) is 65.1 Å². The van der Waals surface area contributed by atoms with Crippen LogP contribution in [-0.4, -0.2) is 83.1 Å². The molecule has 2 unspecified atom stereocenters. The van der Waals surface area contributed by atoms with E-state index in [1.807, 2.05) is 24.3 Å². The van der Waals surface area contributed by atoms with E-state index in [0.29, 0.717) is 41.5 Å². The van der Waals surface area contributed by atoms with Gasteiger partial charge in [0.1, 0.15) is 24.2 Å². The first-order valence-electron chi connectivity index (χ1n) is 15.7. The van der Waals surface area contributed by atoms with Crippen LogP contribution in [0.15, 0.2) is 54.7 Å². The molecule has 2 N–H and O–H groups in total. The van der Waals surface area contributed by atoms with Gasteiger partial charge in [0.15, 0.2) is 6.61 Å². The van der Waals surface area contributed by atoms with E-state index in [9.17, 15) is 24.0 Å². The lowest BCUT2D eigenvalue weighted by atomic mass is 9.74. The Bertz CT molecular complexity index is 1830. The van der Waals surface area contributed by atoms with Gasteiger partial charge in [-0.2, -0.15) is 0 Å². The summed E-state index contributed by atoms with van der Waals surface area (Å²) in [6.45, 7) is 3.12. The van der Waals surface area contributed by atoms with Crippen LogP contribution < -0.4 is 20.3 Å². The molecule has 7 rings (SSSR count). The molecule has 4 aliphatic heterocycles. The number of aromatic nitrogens is 1. The highest BCUT2D eigenvalue weighted by Crippen LogP contribution is 2.47. The van der Waals surface area contributed by atoms with Gasteiger partial charge in [-0.05, 0) is 48.7 Å². The number of amides is 5. The van der Waals surface area contributed by atoms with E-state index in [2.05, 4.69) is 22.5 Å². The summed E-state index contributed by atoms with van der Waals surface area (Å²) in [4.78, 5) is 72.8. The molecule has 47 heavy (non-hydrogen) atoms. The molecule has 0 aliphatic carbocycles. The molecule has 2 aromatic carbocycles. The van der Waals surface area contributed by atoms with Crippen LogP contribution in [0.1, 0.15) is 53.2 Å². The molecule has 5 amide bonds. The number of pyridine rings is 1. The second-order valence-electron chi connectivity index (χ2n) is 12.2. The van der Waals surface area contributed by atoms with Crippen molar-refractivity contribution in [3.63, 3.8) is 0 Å². The Morgan fingerprint density at radius 1 is 1.09 bits per heavy atom. The molecular formula is C34H33ClN6O6. The minimum Gasteiger partial charge on any atom is -0.483 e. The Morgan fingerprint density at radius 2 is 1.91 bits per heavy atom. The summed E-state index contributed by atoms with van der Waals surface area (Å²) >= 11 is 6.65. The second-order valence-corrected chi connectivity index (χ2v) is 12.6. The van der Waals surface area contributed by atoms with E-state index in [0.717, 1.165) is 29.1 Å². The molecule has 2 atom stereocenters. The Balaban J connectivity index is 1.00. The minimum atomic E-state index is -0.752. The van der Waals surface area contributed by atoms with E-state index >= 15 is 0 Å². The van der Waals surface area contributed by atoms with Gasteiger partial charge >= 0.3 is 0 Å². The van der Waals surface area contributed by atoms with Crippen LogP contribution in [0.2, 0.25) is 5.02 Å². The summed E-state index contributed by atoms with van der Waals surface area (Å²) in [7, 11) is 0. The number of fused-ring (bicyclic) bond motifs is 2. The standard InChI is InChI=1S/C34H33ClN6O6/c1-2-34(19-37-31-30(34)24(35)11-12-36-31)20-5-3-6-21(15-20)40-14-13-39(17-28(40)43)29(44)18-47-26-8-4-7-22-23(26)16-41(33(22)46)25-9-10-27(42)38-32(25)45/h3-8,11-12,15,25H,2,9-10,13-14,16-19H2,1H3,(H,36,37)(H,38,42,45). The maximum absolute atomic E-state index is 13.4. The van der Waals surface area contributed by atoms with Crippen molar-refractivity contribution in [1.82, 2.24) is 20.1 Å². The quantitative estimate of drug-likeness (QED) is 0.370. The predicted molar refractivity (Wildman–Crippen MR) is 172 cm³/mol. The van der Waals surface area contributed by atoms with Crippen molar-refractivity contribution in [3.8, 4) is 5.75 Å².